The Balaban J connectivity index is 1.29. The number of rotatable bonds is 5. The first-order chi connectivity index (χ1) is 13.7. The maximum Gasteiger partial charge on any atom is 0.261 e. The molecular weight excluding hydrogens is 350 g/mol. The van der Waals surface area contributed by atoms with Gasteiger partial charge in [-0.15, -0.1) is 0 Å². The minimum Gasteiger partial charge on any atom is -0.353 e. The fourth-order valence-electron chi connectivity index (χ4n) is 4.08. The molecule has 28 heavy (non-hydrogen) atoms. The molecular formula is C23H25N3O2. The average Bonchev–Trinajstić information content (AvgIpc) is 2.75. The summed E-state index contributed by atoms with van der Waals surface area (Å²) in [5.41, 5.74) is 1.99. The second-order valence-corrected chi connectivity index (χ2v) is 7.54. The Labute approximate surface area is 164 Å². The third-order valence-corrected chi connectivity index (χ3v) is 5.67. The van der Waals surface area contributed by atoms with Crippen molar-refractivity contribution in [3.05, 3.63) is 76.8 Å². The predicted molar refractivity (Wildman–Crippen MR) is 110 cm³/mol. The SMILES string of the molecule is O=C(CCn1cnc2ccccc2c1=O)NC1CCC(c2ccccc2)CC1. The maximum atomic E-state index is 12.5. The van der Waals surface area contributed by atoms with Crippen molar-refractivity contribution in [1.82, 2.24) is 14.9 Å². The number of hydrogen-bond acceptors (Lipinski definition) is 3. The number of carbonyl (C=O) groups is 1. The van der Waals surface area contributed by atoms with Crippen molar-refractivity contribution < 1.29 is 4.79 Å². The molecule has 1 saturated carbocycles. The van der Waals surface area contributed by atoms with Gasteiger partial charge >= 0.3 is 0 Å². The Kier molecular flexibility index (Phi) is 5.51. The number of aryl methyl sites for hydroxylation is 1. The molecule has 1 aliphatic carbocycles. The van der Waals surface area contributed by atoms with E-state index in [1.165, 1.54) is 16.5 Å². The number of amides is 1. The molecule has 1 aliphatic rings. The zero-order chi connectivity index (χ0) is 19.3. The molecule has 144 valence electrons. The van der Waals surface area contributed by atoms with Crippen molar-refractivity contribution in [2.24, 2.45) is 0 Å². The van der Waals surface area contributed by atoms with Crippen LogP contribution in [-0.2, 0) is 11.3 Å². The molecule has 1 aromatic heterocycles. The van der Waals surface area contributed by atoms with E-state index in [1.807, 2.05) is 24.3 Å². The molecule has 1 fully saturated rings. The van der Waals surface area contributed by atoms with Gasteiger partial charge in [0.05, 0.1) is 17.2 Å². The van der Waals surface area contributed by atoms with Crippen molar-refractivity contribution in [2.45, 2.75) is 50.6 Å². The lowest BCUT2D eigenvalue weighted by atomic mass is 9.82. The van der Waals surface area contributed by atoms with Crippen LogP contribution in [0.1, 0.15) is 43.6 Å². The molecule has 5 heteroatoms. The molecule has 5 nitrogen and oxygen atoms in total. The van der Waals surface area contributed by atoms with E-state index in [-0.39, 0.29) is 17.5 Å². The minimum absolute atomic E-state index is 0.00298. The van der Waals surface area contributed by atoms with Gasteiger partial charge in [-0.2, -0.15) is 0 Å². The summed E-state index contributed by atoms with van der Waals surface area (Å²) < 4.78 is 1.52. The highest BCUT2D eigenvalue weighted by molar-refractivity contribution is 5.77. The summed E-state index contributed by atoms with van der Waals surface area (Å²) in [5.74, 6) is 0.597. The summed E-state index contributed by atoms with van der Waals surface area (Å²) in [5, 5.41) is 3.73. The van der Waals surface area contributed by atoms with Gasteiger partial charge in [0.25, 0.3) is 5.56 Å². The minimum atomic E-state index is -0.0956. The van der Waals surface area contributed by atoms with Gasteiger partial charge in [-0.25, -0.2) is 4.98 Å². The lowest BCUT2D eigenvalue weighted by Gasteiger charge is -2.29. The van der Waals surface area contributed by atoms with Gasteiger partial charge in [0.15, 0.2) is 0 Å². The highest BCUT2D eigenvalue weighted by atomic mass is 16.2. The highest BCUT2D eigenvalue weighted by Gasteiger charge is 2.23. The molecule has 0 spiro atoms. The van der Waals surface area contributed by atoms with E-state index in [2.05, 4.69) is 34.6 Å². The largest absolute Gasteiger partial charge is 0.353 e. The van der Waals surface area contributed by atoms with Crippen molar-refractivity contribution in [2.75, 3.05) is 0 Å². The number of fused-ring (bicyclic) bond motifs is 1. The van der Waals surface area contributed by atoms with Crippen LogP contribution < -0.4 is 10.9 Å². The monoisotopic (exact) mass is 375 g/mol. The molecule has 0 unspecified atom stereocenters. The second kappa shape index (κ2) is 8.38. The quantitative estimate of drug-likeness (QED) is 0.741. The summed E-state index contributed by atoms with van der Waals surface area (Å²) >= 11 is 0. The molecule has 1 heterocycles. The highest BCUT2D eigenvalue weighted by Crippen LogP contribution is 2.32. The fourth-order valence-corrected chi connectivity index (χ4v) is 4.08. The Morgan fingerprint density at radius 3 is 2.50 bits per heavy atom. The van der Waals surface area contributed by atoms with Gasteiger partial charge in [0.2, 0.25) is 5.91 Å². The van der Waals surface area contributed by atoms with Gasteiger partial charge in [0, 0.05) is 19.0 Å². The van der Waals surface area contributed by atoms with Crippen molar-refractivity contribution in [1.29, 1.82) is 0 Å². The topological polar surface area (TPSA) is 64.0 Å². The van der Waals surface area contributed by atoms with Gasteiger partial charge in [-0.1, -0.05) is 42.5 Å². The third-order valence-electron chi connectivity index (χ3n) is 5.67. The van der Waals surface area contributed by atoms with Gasteiger partial charge in [-0.3, -0.25) is 14.2 Å². The molecule has 0 aliphatic heterocycles. The van der Waals surface area contributed by atoms with Crippen LogP contribution in [0, 0.1) is 0 Å². The first-order valence-corrected chi connectivity index (χ1v) is 9.99. The Hall–Kier alpha value is -2.95. The first-order valence-electron chi connectivity index (χ1n) is 9.99. The Morgan fingerprint density at radius 1 is 1.00 bits per heavy atom. The van der Waals surface area contributed by atoms with Crippen LogP contribution in [0.15, 0.2) is 65.7 Å². The van der Waals surface area contributed by atoms with Crippen LogP contribution in [0.5, 0.6) is 0 Å². The normalized spacial score (nSPS) is 19.4. The first kappa shape index (κ1) is 18.4. The van der Waals surface area contributed by atoms with E-state index in [9.17, 15) is 9.59 Å². The summed E-state index contributed by atoms with van der Waals surface area (Å²) in [6.07, 6.45) is 6.03. The number of para-hydroxylation sites is 1. The Bertz CT molecular complexity index is 1010. The number of benzene rings is 2. The lowest BCUT2D eigenvalue weighted by molar-refractivity contribution is -0.122. The van der Waals surface area contributed by atoms with Crippen LogP contribution in [-0.4, -0.2) is 21.5 Å². The van der Waals surface area contributed by atoms with Crippen LogP contribution in [0.3, 0.4) is 0 Å². The summed E-state index contributed by atoms with van der Waals surface area (Å²) in [6, 6.07) is 18.1. The zero-order valence-corrected chi connectivity index (χ0v) is 15.9. The van der Waals surface area contributed by atoms with E-state index < -0.39 is 0 Å². The molecule has 1 amide bonds. The van der Waals surface area contributed by atoms with Crippen molar-refractivity contribution in [3.8, 4) is 0 Å². The molecule has 0 radical (unpaired) electrons. The van der Waals surface area contributed by atoms with Crippen LogP contribution in [0.2, 0.25) is 0 Å². The lowest BCUT2D eigenvalue weighted by Crippen LogP contribution is -2.38. The van der Waals surface area contributed by atoms with Crippen molar-refractivity contribution in [3.63, 3.8) is 0 Å². The van der Waals surface area contributed by atoms with E-state index in [4.69, 9.17) is 0 Å². The zero-order valence-electron chi connectivity index (χ0n) is 15.9. The van der Waals surface area contributed by atoms with Gasteiger partial charge in [0.1, 0.15) is 0 Å². The predicted octanol–water partition coefficient (Wildman–Crippen LogP) is 3.63. The molecule has 4 rings (SSSR count). The van der Waals surface area contributed by atoms with Gasteiger partial charge in [-0.05, 0) is 49.3 Å². The van der Waals surface area contributed by atoms with E-state index in [1.54, 1.807) is 6.07 Å². The summed E-state index contributed by atoms with van der Waals surface area (Å²) in [6.45, 7) is 0.349. The summed E-state index contributed by atoms with van der Waals surface area (Å²) in [7, 11) is 0. The molecule has 0 bridgehead atoms. The van der Waals surface area contributed by atoms with E-state index >= 15 is 0 Å². The number of carbonyl (C=O) groups excluding carboxylic acids is 1. The number of nitrogens with one attached hydrogen (secondary N) is 1. The van der Waals surface area contributed by atoms with Gasteiger partial charge < -0.3 is 5.32 Å². The number of aromatic nitrogens is 2. The van der Waals surface area contributed by atoms with E-state index in [0.29, 0.717) is 29.8 Å². The summed E-state index contributed by atoms with van der Waals surface area (Å²) in [4.78, 5) is 29.2. The molecule has 1 N–H and O–H groups in total. The molecule has 0 atom stereocenters. The number of hydrogen-bond donors (Lipinski definition) is 1. The van der Waals surface area contributed by atoms with Crippen LogP contribution in [0.25, 0.3) is 10.9 Å². The third kappa shape index (κ3) is 4.14. The fraction of sp³-hybridized carbons (Fsp3) is 0.348. The average molecular weight is 375 g/mol. The maximum absolute atomic E-state index is 12.5. The van der Waals surface area contributed by atoms with E-state index in [0.717, 1.165) is 25.7 Å². The standard InChI is InChI=1S/C23H25N3O2/c27-22(14-15-26-16-24-21-9-5-4-8-20(21)23(26)28)25-19-12-10-18(11-13-19)17-6-2-1-3-7-17/h1-9,16,18-19H,10-15H2,(H,25,27). The molecule has 2 aromatic carbocycles. The Morgan fingerprint density at radius 2 is 1.71 bits per heavy atom. The van der Waals surface area contributed by atoms with Crippen LogP contribution in [0.4, 0.5) is 0 Å². The molecule has 0 saturated heterocycles. The molecule has 3 aromatic rings. The van der Waals surface area contributed by atoms with Crippen molar-refractivity contribution >= 4 is 16.8 Å². The number of nitrogens with zero attached hydrogens (tertiary/aromatic N) is 2. The smallest absolute Gasteiger partial charge is 0.261 e. The second-order valence-electron chi connectivity index (χ2n) is 7.54. The van der Waals surface area contributed by atoms with Crippen LogP contribution >= 0.6 is 0 Å².